The topological polar surface area (TPSA) is 8.17 Å². The summed E-state index contributed by atoms with van der Waals surface area (Å²) in [6.07, 6.45) is 0. The number of hydrogen-bond donors (Lipinski definition) is 0. The zero-order chi connectivity index (χ0) is 45.5. The molecule has 1 aromatic heterocycles. The fraction of sp³-hybridized carbons (Fsp3) is 0.0909. The number of hydrogen-bond acceptors (Lipinski definition) is 1. The minimum absolute atomic E-state index is 0.0683. The van der Waals surface area contributed by atoms with Gasteiger partial charge in [-0.25, -0.2) is 0 Å². The lowest BCUT2D eigenvalue weighted by atomic mass is 9.80. The van der Waals surface area contributed by atoms with Crippen LogP contribution in [0.15, 0.2) is 218 Å². The summed E-state index contributed by atoms with van der Waals surface area (Å²) in [5.74, 6) is 0. The Bertz CT molecular complexity index is 3900. The first-order chi connectivity index (χ1) is 33.3. The molecule has 0 unspecified atom stereocenters. The first kappa shape index (κ1) is 39.0. The number of nitrogens with zero attached hydrogens (tertiary/aromatic N) is 2. The van der Waals surface area contributed by atoms with Crippen LogP contribution in [-0.2, 0) is 10.8 Å². The van der Waals surface area contributed by atoms with Crippen LogP contribution in [0.3, 0.4) is 0 Å². The molecule has 0 saturated heterocycles. The lowest BCUT2D eigenvalue weighted by Gasteiger charge is -2.28. The van der Waals surface area contributed by atoms with Crippen LogP contribution in [0.2, 0.25) is 0 Å². The van der Waals surface area contributed by atoms with Crippen molar-refractivity contribution >= 4 is 38.9 Å². The monoisotopic (exact) mass is 868 g/mol. The van der Waals surface area contributed by atoms with E-state index in [9.17, 15) is 0 Å². The molecule has 0 bridgehead atoms. The molecule has 2 heteroatoms. The third kappa shape index (κ3) is 5.40. The highest BCUT2D eigenvalue weighted by Gasteiger charge is 2.42. The molecule has 1 aliphatic heterocycles. The summed E-state index contributed by atoms with van der Waals surface area (Å²) in [6.45, 7) is 9.52. The minimum Gasteiger partial charge on any atom is -0.310 e. The third-order valence-electron chi connectivity index (χ3n) is 15.7. The molecule has 14 rings (SSSR count). The molecule has 0 radical (unpaired) electrons. The quantitative estimate of drug-likeness (QED) is 0.162. The van der Waals surface area contributed by atoms with Crippen LogP contribution in [-0.4, -0.2) is 4.57 Å². The van der Waals surface area contributed by atoms with Gasteiger partial charge in [-0.3, -0.25) is 0 Å². The number of fused-ring (bicyclic) bond motifs is 9. The molecule has 2 aliphatic carbocycles. The zero-order valence-electron chi connectivity index (χ0n) is 38.7. The van der Waals surface area contributed by atoms with Crippen molar-refractivity contribution in [3.8, 4) is 72.4 Å². The Labute approximate surface area is 398 Å². The molecule has 0 N–H and O–H groups in total. The van der Waals surface area contributed by atoms with Gasteiger partial charge >= 0.3 is 0 Å². The van der Waals surface area contributed by atoms with Crippen molar-refractivity contribution in [1.29, 1.82) is 0 Å². The zero-order valence-corrected chi connectivity index (χ0v) is 38.7. The van der Waals surface area contributed by atoms with Gasteiger partial charge in [-0.05, 0) is 132 Å². The van der Waals surface area contributed by atoms with Gasteiger partial charge in [0.1, 0.15) is 0 Å². The van der Waals surface area contributed by atoms with E-state index < -0.39 is 0 Å². The maximum atomic E-state index is 2.55. The van der Waals surface area contributed by atoms with Gasteiger partial charge in [0.15, 0.2) is 0 Å². The third-order valence-corrected chi connectivity index (χ3v) is 15.7. The van der Waals surface area contributed by atoms with Crippen molar-refractivity contribution in [2.45, 2.75) is 38.5 Å². The standard InChI is InChI=1S/C66H48N2/c1-65(2)55-25-11-8-22-50(55)54-40-48(32-35-56(54)65)67(46-30-28-42(29-31-46)41-16-6-5-7-17-41)47-21-15-19-44(39-47)43-18-14-20-45(38-43)49-33-36-57-62-61(49)53-24-10-13-27-60(53)68-59-26-12-9-23-51(59)52-34-37-58(66(57,3)4)63(62)64(52)68/h5-40H,1-4H3. The highest BCUT2D eigenvalue weighted by atomic mass is 15.1. The van der Waals surface area contributed by atoms with E-state index in [1.807, 2.05) is 0 Å². The fourth-order valence-electron chi connectivity index (χ4n) is 12.4. The van der Waals surface area contributed by atoms with E-state index in [-0.39, 0.29) is 10.8 Å². The van der Waals surface area contributed by atoms with E-state index in [1.54, 1.807) is 0 Å². The van der Waals surface area contributed by atoms with Gasteiger partial charge < -0.3 is 9.47 Å². The van der Waals surface area contributed by atoms with Gasteiger partial charge in [-0.15, -0.1) is 0 Å². The lowest BCUT2D eigenvalue weighted by Crippen LogP contribution is -2.15. The van der Waals surface area contributed by atoms with Crippen molar-refractivity contribution in [2.75, 3.05) is 4.90 Å². The highest BCUT2D eigenvalue weighted by molar-refractivity contribution is 6.19. The normalized spacial score (nSPS) is 14.1. The maximum absolute atomic E-state index is 2.55. The molecular formula is C66H48N2. The molecule has 0 saturated carbocycles. The SMILES string of the molecule is CC1(C)c2ccccc2-c2cc(N(c3ccc(-c4ccccc4)cc3)c3cccc(-c4cccc(-c5ccc6c7c5-c5ccccc5-n5c8ccccc8c8ccc(c-7c85)C6(C)C)c4)c3)ccc21. The summed E-state index contributed by atoms with van der Waals surface area (Å²) < 4.78 is 2.55. The highest BCUT2D eigenvalue weighted by Crippen LogP contribution is 2.60. The average molecular weight is 869 g/mol. The van der Waals surface area contributed by atoms with Crippen LogP contribution in [0, 0.1) is 0 Å². The molecule has 11 aromatic rings. The molecule has 0 spiro atoms. The van der Waals surface area contributed by atoms with E-state index in [0.717, 1.165) is 17.1 Å². The van der Waals surface area contributed by atoms with E-state index in [2.05, 4.69) is 256 Å². The largest absolute Gasteiger partial charge is 0.310 e. The summed E-state index contributed by atoms with van der Waals surface area (Å²) in [5, 5.41) is 2.61. The number of rotatable bonds is 6. The number of aromatic nitrogens is 1. The molecule has 68 heavy (non-hydrogen) atoms. The summed E-state index contributed by atoms with van der Waals surface area (Å²) in [7, 11) is 0. The molecule has 322 valence electrons. The summed E-state index contributed by atoms with van der Waals surface area (Å²) >= 11 is 0. The van der Waals surface area contributed by atoms with Gasteiger partial charge in [0.25, 0.3) is 0 Å². The van der Waals surface area contributed by atoms with Crippen LogP contribution in [0.5, 0.6) is 0 Å². The molecule has 3 aliphatic rings. The van der Waals surface area contributed by atoms with Crippen LogP contribution < -0.4 is 4.90 Å². The van der Waals surface area contributed by atoms with E-state index in [0.29, 0.717) is 0 Å². The van der Waals surface area contributed by atoms with Crippen molar-refractivity contribution < 1.29 is 0 Å². The van der Waals surface area contributed by atoms with Crippen molar-refractivity contribution in [3.63, 3.8) is 0 Å². The smallest absolute Gasteiger partial charge is 0.0623 e. The van der Waals surface area contributed by atoms with Gasteiger partial charge in [0.05, 0.1) is 16.7 Å². The molecule has 2 heterocycles. The first-order valence-corrected chi connectivity index (χ1v) is 24.0. The van der Waals surface area contributed by atoms with Crippen LogP contribution in [0.1, 0.15) is 49.9 Å². The van der Waals surface area contributed by atoms with Crippen molar-refractivity contribution in [3.05, 3.63) is 241 Å². The maximum Gasteiger partial charge on any atom is 0.0623 e. The molecule has 0 atom stereocenters. The summed E-state index contributed by atoms with van der Waals surface area (Å²) in [5.41, 5.74) is 27.7. The molecule has 0 fully saturated rings. The van der Waals surface area contributed by atoms with Crippen LogP contribution in [0.4, 0.5) is 17.1 Å². The fourth-order valence-corrected chi connectivity index (χ4v) is 12.4. The summed E-state index contributed by atoms with van der Waals surface area (Å²) in [4.78, 5) is 2.43. The van der Waals surface area contributed by atoms with E-state index in [4.69, 9.17) is 0 Å². The second-order valence-corrected chi connectivity index (χ2v) is 20.1. The number of para-hydroxylation sites is 2. The van der Waals surface area contributed by atoms with E-state index >= 15 is 0 Å². The molecular weight excluding hydrogens is 821 g/mol. The number of benzene rings is 10. The predicted octanol–water partition coefficient (Wildman–Crippen LogP) is 17.8. The molecule has 10 aromatic carbocycles. The summed E-state index contributed by atoms with van der Waals surface area (Å²) in [6, 6.07) is 81.7. The predicted molar refractivity (Wildman–Crippen MR) is 286 cm³/mol. The Morgan fingerprint density at radius 1 is 0.324 bits per heavy atom. The Morgan fingerprint density at radius 2 is 0.912 bits per heavy atom. The van der Waals surface area contributed by atoms with Crippen molar-refractivity contribution in [2.24, 2.45) is 0 Å². The first-order valence-electron chi connectivity index (χ1n) is 24.0. The van der Waals surface area contributed by atoms with Crippen LogP contribution >= 0.6 is 0 Å². The second-order valence-electron chi connectivity index (χ2n) is 20.1. The Morgan fingerprint density at radius 3 is 1.76 bits per heavy atom. The van der Waals surface area contributed by atoms with Gasteiger partial charge in [0, 0.05) is 49.8 Å². The Kier molecular flexibility index (Phi) is 8.12. The molecule has 2 nitrogen and oxygen atoms in total. The van der Waals surface area contributed by atoms with Gasteiger partial charge in [0.2, 0.25) is 0 Å². The average Bonchev–Trinajstić information content (AvgIpc) is 3.89. The second kappa shape index (κ2) is 14.2. The lowest BCUT2D eigenvalue weighted by molar-refractivity contribution is 0.660. The van der Waals surface area contributed by atoms with Gasteiger partial charge in [-0.1, -0.05) is 191 Å². The van der Waals surface area contributed by atoms with E-state index in [1.165, 1.54) is 117 Å². The minimum atomic E-state index is -0.145. The Balaban J connectivity index is 0.930. The number of anilines is 3. The van der Waals surface area contributed by atoms with Gasteiger partial charge in [-0.2, -0.15) is 0 Å². The molecule has 0 amide bonds. The Hall–Kier alpha value is -8.20. The van der Waals surface area contributed by atoms with Crippen LogP contribution in [0.25, 0.3) is 94.3 Å². The van der Waals surface area contributed by atoms with Crippen molar-refractivity contribution in [1.82, 2.24) is 4.57 Å².